The van der Waals surface area contributed by atoms with E-state index in [2.05, 4.69) is 31.3 Å². The zero-order chi connectivity index (χ0) is 23.4. The van der Waals surface area contributed by atoms with Crippen molar-refractivity contribution in [1.29, 1.82) is 0 Å². The molecule has 2 amide bonds. The number of aryl methyl sites for hydroxylation is 1. The maximum absolute atomic E-state index is 13.3. The van der Waals surface area contributed by atoms with Crippen molar-refractivity contribution in [2.45, 2.75) is 26.7 Å². The Balaban J connectivity index is 0.00000385. The van der Waals surface area contributed by atoms with E-state index in [1.807, 2.05) is 13.8 Å². The molecule has 1 aromatic carbocycles. The normalized spacial score (nSPS) is 10.6. The minimum Gasteiger partial charge on any atom is -0.470 e. The van der Waals surface area contributed by atoms with E-state index in [1.165, 1.54) is 17.9 Å². The van der Waals surface area contributed by atoms with Gasteiger partial charge in [-0.15, -0.1) is 0 Å². The van der Waals surface area contributed by atoms with Gasteiger partial charge in [0.2, 0.25) is 5.91 Å². The zero-order valence-electron chi connectivity index (χ0n) is 18.4. The molecule has 0 fully saturated rings. The van der Waals surface area contributed by atoms with Crippen molar-refractivity contribution >= 4 is 40.7 Å². The number of aromatic nitrogens is 3. The first-order valence-corrected chi connectivity index (χ1v) is 10.3. The molecule has 33 heavy (non-hydrogen) atoms. The van der Waals surface area contributed by atoms with Crippen LogP contribution < -0.4 is 10.7 Å². The number of carbonyl (C=O) groups excluding carboxylic acids is 2. The van der Waals surface area contributed by atoms with Crippen molar-refractivity contribution in [1.82, 2.24) is 20.2 Å². The van der Waals surface area contributed by atoms with E-state index in [9.17, 15) is 9.59 Å². The van der Waals surface area contributed by atoms with Crippen molar-refractivity contribution in [2.24, 2.45) is 0 Å². The number of nitrogens with zero attached hydrogens (tertiary/aromatic N) is 4. The Labute approximate surface area is 226 Å². The third-order valence-electron chi connectivity index (χ3n) is 4.51. The van der Waals surface area contributed by atoms with Crippen LogP contribution in [0.25, 0.3) is 11.4 Å². The largest absolute Gasteiger partial charge is 0.470 e. The van der Waals surface area contributed by atoms with Gasteiger partial charge in [0.25, 0.3) is 5.91 Å². The summed E-state index contributed by atoms with van der Waals surface area (Å²) < 4.78 is 1.39. The first kappa shape index (κ1) is 27.4. The van der Waals surface area contributed by atoms with Crippen LogP contribution in [0.1, 0.15) is 51.9 Å². The van der Waals surface area contributed by atoms with Crippen LogP contribution in [-0.4, -0.2) is 33.7 Å². The maximum atomic E-state index is 13.3. The second kappa shape index (κ2) is 12.0. The van der Waals surface area contributed by atoms with Crippen molar-refractivity contribution in [2.75, 3.05) is 12.4 Å². The van der Waals surface area contributed by atoms with Crippen LogP contribution in [0.3, 0.4) is 0 Å². The number of anilines is 1. The van der Waals surface area contributed by atoms with E-state index in [-0.39, 0.29) is 55.6 Å². The number of hydrogen-bond donors (Lipinski definition) is 2. The van der Waals surface area contributed by atoms with E-state index < -0.39 is 11.8 Å². The topological polar surface area (TPSA) is 112 Å². The number of benzene rings is 1. The van der Waals surface area contributed by atoms with Crippen molar-refractivity contribution in [3.63, 3.8) is 0 Å². The summed E-state index contributed by atoms with van der Waals surface area (Å²) in [5.74, 6) is -0.735. The fourth-order valence-electron chi connectivity index (χ4n) is 2.95. The van der Waals surface area contributed by atoms with E-state index in [1.54, 1.807) is 37.4 Å². The smallest absolute Gasteiger partial charge is 0.274 e. The molecule has 171 valence electrons. The SMILES string of the molecule is CO[N-]NC(=O)c1cc(Cl)cc(C)c1NC(=O)c1cc(C(C)C)nn1-c1ncccc1Cl.[Y]. The van der Waals surface area contributed by atoms with Crippen LogP contribution in [0.5, 0.6) is 0 Å². The third-order valence-corrected chi connectivity index (χ3v) is 5.03. The average Bonchev–Trinajstić information content (AvgIpc) is 3.19. The molecule has 2 N–H and O–H groups in total. The number of rotatable bonds is 7. The van der Waals surface area contributed by atoms with Gasteiger partial charge in [0.1, 0.15) is 5.69 Å². The number of nitrogens with one attached hydrogen (secondary N) is 2. The quantitative estimate of drug-likeness (QED) is 0.399. The van der Waals surface area contributed by atoms with Crippen LogP contribution in [-0.2, 0) is 37.5 Å². The molecule has 0 saturated carbocycles. The van der Waals surface area contributed by atoms with Crippen LogP contribution >= 0.6 is 23.2 Å². The van der Waals surface area contributed by atoms with Gasteiger partial charge in [-0.2, -0.15) is 5.10 Å². The molecular weight excluding hydrogens is 544 g/mol. The Morgan fingerprint density at radius 1 is 1.18 bits per heavy atom. The van der Waals surface area contributed by atoms with Crippen molar-refractivity contribution in [3.8, 4) is 5.82 Å². The van der Waals surface area contributed by atoms with Gasteiger partial charge in [-0.1, -0.05) is 37.0 Å². The fourth-order valence-corrected chi connectivity index (χ4v) is 3.43. The molecule has 1 radical (unpaired) electrons. The summed E-state index contributed by atoms with van der Waals surface area (Å²) in [4.78, 5) is 34.6. The number of carbonyl (C=O) groups is 2. The van der Waals surface area contributed by atoms with Gasteiger partial charge < -0.3 is 21.2 Å². The summed E-state index contributed by atoms with van der Waals surface area (Å²) in [6.07, 6.45) is 1.56. The van der Waals surface area contributed by atoms with Gasteiger partial charge in [-0.25, -0.2) is 9.67 Å². The molecule has 0 aliphatic carbocycles. The molecule has 9 nitrogen and oxygen atoms in total. The molecule has 0 unspecified atom stereocenters. The van der Waals surface area contributed by atoms with E-state index in [0.717, 1.165) is 0 Å². The second-order valence-electron chi connectivity index (χ2n) is 7.14. The number of halogens is 2. The first-order chi connectivity index (χ1) is 15.2. The monoisotopic (exact) mass is 564 g/mol. The van der Waals surface area contributed by atoms with Crippen LogP contribution in [0.4, 0.5) is 5.69 Å². The van der Waals surface area contributed by atoms with Crippen LogP contribution in [0, 0.1) is 6.92 Å². The second-order valence-corrected chi connectivity index (χ2v) is 7.99. The average molecular weight is 565 g/mol. The number of pyridine rings is 1. The summed E-state index contributed by atoms with van der Waals surface area (Å²) in [5, 5.41) is 7.97. The van der Waals surface area contributed by atoms with Gasteiger partial charge in [0.15, 0.2) is 5.82 Å². The molecule has 2 aromatic heterocycles. The molecule has 2 heterocycles. The van der Waals surface area contributed by atoms with Gasteiger partial charge in [-0.3, -0.25) is 9.59 Å². The predicted octanol–water partition coefficient (Wildman–Crippen LogP) is 4.84. The molecule has 0 bridgehead atoms. The Morgan fingerprint density at radius 2 is 1.91 bits per heavy atom. The summed E-state index contributed by atoms with van der Waals surface area (Å²) in [5.41, 5.74) is 7.47. The number of hydrogen-bond acceptors (Lipinski definition) is 5. The number of amides is 2. The summed E-state index contributed by atoms with van der Waals surface area (Å²) in [6.45, 7) is 5.64. The van der Waals surface area contributed by atoms with E-state index in [0.29, 0.717) is 27.1 Å². The van der Waals surface area contributed by atoms with Gasteiger partial charge >= 0.3 is 0 Å². The molecule has 0 aliphatic heterocycles. The minimum atomic E-state index is -0.600. The van der Waals surface area contributed by atoms with Gasteiger partial charge in [-0.05, 0) is 48.7 Å². The Hall–Kier alpha value is -1.88. The zero-order valence-corrected chi connectivity index (χ0v) is 22.7. The molecule has 0 spiro atoms. The first-order valence-electron chi connectivity index (χ1n) is 9.58. The summed E-state index contributed by atoms with van der Waals surface area (Å²) in [6, 6.07) is 8.07. The molecule has 3 aromatic rings. The van der Waals surface area contributed by atoms with Crippen molar-refractivity contribution < 1.29 is 47.1 Å². The Kier molecular flexibility index (Phi) is 9.96. The standard InChI is InChI=1S/C21H22Cl2N6O3.Y/c1-11(2)16-10-17(29(27-16)19-15(23)6-5-7-24-19)21(31)25-18-12(3)8-13(22)9-14(18)20(30)26-28-32-4;/h5-11H,1-4H3,(H3,25,26,27,28,30,31);/p-1. The van der Waals surface area contributed by atoms with Gasteiger partial charge in [0.05, 0.1) is 22.0 Å². The molecule has 0 saturated heterocycles. The fraction of sp³-hybridized carbons (Fsp3) is 0.238. The van der Waals surface area contributed by atoms with Crippen LogP contribution in [0.2, 0.25) is 10.0 Å². The molecule has 0 aliphatic rings. The molecular formula is C21H21Cl2N6O3Y-. The van der Waals surface area contributed by atoms with E-state index >= 15 is 0 Å². The minimum absolute atomic E-state index is 0. The predicted molar refractivity (Wildman–Crippen MR) is 122 cm³/mol. The van der Waals surface area contributed by atoms with Crippen LogP contribution in [0.15, 0.2) is 36.5 Å². The summed E-state index contributed by atoms with van der Waals surface area (Å²) in [7, 11) is 1.29. The van der Waals surface area contributed by atoms with Gasteiger partial charge in [0, 0.05) is 51.0 Å². The molecule has 0 atom stereocenters. The van der Waals surface area contributed by atoms with E-state index in [4.69, 9.17) is 23.2 Å². The Bertz CT molecular complexity index is 1170. The third kappa shape index (κ3) is 6.38. The molecule has 12 heteroatoms. The summed E-state index contributed by atoms with van der Waals surface area (Å²) >= 11 is 12.4. The van der Waals surface area contributed by atoms with Crippen molar-refractivity contribution in [3.05, 3.63) is 74.7 Å². The Morgan fingerprint density at radius 3 is 2.55 bits per heavy atom. The maximum Gasteiger partial charge on any atom is 0.274 e. The molecule has 3 rings (SSSR count).